The Kier molecular flexibility index (Phi) is 5.71. The van der Waals surface area contributed by atoms with Gasteiger partial charge in [-0.2, -0.15) is 0 Å². The van der Waals surface area contributed by atoms with Gasteiger partial charge < -0.3 is 9.84 Å². The van der Waals surface area contributed by atoms with Gasteiger partial charge >= 0.3 is 5.97 Å². The van der Waals surface area contributed by atoms with Gasteiger partial charge in [0.2, 0.25) is 0 Å². The highest BCUT2D eigenvalue weighted by atomic mass is 19.2. The largest absolute Gasteiger partial charge is 0.466 e. The summed E-state index contributed by atoms with van der Waals surface area (Å²) in [5.74, 6) is -2.59. The van der Waals surface area contributed by atoms with Gasteiger partial charge in [0.25, 0.3) is 0 Å². The molecule has 0 fully saturated rings. The summed E-state index contributed by atoms with van der Waals surface area (Å²) in [5.41, 5.74) is 0.154. The van der Waals surface area contributed by atoms with Crippen LogP contribution in [0.5, 0.6) is 0 Å². The minimum Gasteiger partial charge on any atom is -0.466 e. The summed E-state index contributed by atoms with van der Waals surface area (Å²) in [5, 5.41) is 9.67. The van der Waals surface area contributed by atoms with Crippen molar-refractivity contribution in [3.8, 4) is 0 Å². The number of carbonyl (C=O) groups is 1. The van der Waals surface area contributed by atoms with Gasteiger partial charge in [-0.1, -0.05) is 19.4 Å². The van der Waals surface area contributed by atoms with Crippen LogP contribution in [0.25, 0.3) is 0 Å². The second-order valence-corrected chi connectivity index (χ2v) is 3.97. The molecule has 0 radical (unpaired) electrons. The molecule has 18 heavy (non-hydrogen) atoms. The van der Waals surface area contributed by atoms with Crippen molar-refractivity contribution in [1.29, 1.82) is 0 Å². The predicted octanol–water partition coefficient (Wildman–Crippen LogP) is 2.73. The molecule has 100 valence electrons. The molecule has 0 amide bonds. The van der Waals surface area contributed by atoms with Crippen LogP contribution in [0.15, 0.2) is 18.2 Å². The standard InChI is InChI=1S/C13H16F2O3/c1-2-3-6-18-13(17)8-12(16)9-4-5-10(14)11(15)7-9/h4-5,7,12,16H,2-3,6,8H2,1H3. The fourth-order valence-electron chi connectivity index (χ4n) is 1.38. The molecule has 0 heterocycles. The Hall–Kier alpha value is -1.49. The van der Waals surface area contributed by atoms with Crippen LogP contribution in [-0.4, -0.2) is 17.7 Å². The third kappa shape index (κ3) is 4.41. The average molecular weight is 258 g/mol. The van der Waals surface area contributed by atoms with Crippen molar-refractivity contribution in [2.24, 2.45) is 0 Å². The predicted molar refractivity (Wildman–Crippen MR) is 61.8 cm³/mol. The first-order chi connectivity index (χ1) is 8.54. The minimum absolute atomic E-state index is 0.154. The van der Waals surface area contributed by atoms with Gasteiger partial charge in [0.05, 0.1) is 19.1 Å². The third-order valence-electron chi connectivity index (χ3n) is 2.45. The Morgan fingerprint density at radius 2 is 2.11 bits per heavy atom. The highest BCUT2D eigenvalue weighted by Gasteiger charge is 2.15. The first kappa shape index (κ1) is 14.6. The van der Waals surface area contributed by atoms with Crippen molar-refractivity contribution in [3.63, 3.8) is 0 Å². The molecule has 0 aliphatic rings. The Bertz CT molecular complexity index is 407. The highest BCUT2D eigenvalue weighted by Crippen LogP contribution is 2.19. The van der Waals surface area contributed by atoms with Gasteiger partial charge in [0.15, 0.2) is 11.6 Å². The molecule has 0 spiro atoms. The number of hydrogen-bond acceptors (Lipinski definition) is 3. The van der Waals surface area contributed by atoms with E-state index in [2.05, 4.69) is 0 Å². The number of carbonyl (C=O) groups excluding carboxylic acids is 1. The Morgan fingerprint density at radius 3 is 2.72 bits per heavy atom. The molecule has 1 atom stereocenters. The number of unbranched alkanes of at least 4 members (excludes halogenated alkanes) is 1. The van der Waals surface area contributed by atoms with Crippen LogP contribution in [0.3, 0.4) is 0 Å². The summed E-state index contributed by atoms with van der Waals surface area (Å²) in [6.07, 6.45) is 0.204. The summed E-state index contributed by atoms with van der Waals surface area (Å²) >= 11 is 0. The Morgan fingerprint density at radius 1 is 1.39 bits per heavy atom. The van der Waals surface area contributed by atoms with Crippen LogP contribution >= 0.6 is 0 Å². The fraction of sp³-hybridized carbons (Fsp3) is 0.462. The topological polar surface area (TPSA) is 46.5 Å². The number of esters is 1. The average Bonchev–Trinajstić information content (AvgIpc) is 2.33. The third-order valence-corrected chi connectivity index (χ3v) is 2.45. The van der Waals surface area contributed by atoms with Gasteiger partial charge in [0, 0.05) is 0 Å². The lowest BCUT2D eigenvalue weighted by Gasteiger charge is -2.11. The molecular weight excluding hydrogens is 242 g/mol. The molecule has 0 saturated carbocycles. The number of hydrogen-bond donors (Lipinski definition) is 1. The Labute approximate surface area is 104 Å². The van der Waals surface area contributed by atoms with Crippen LogP contribution in [0.4, 0.5) is 8.78 Å². The molecule has 0 aromatic heterocycles. The van der Waals surface area contributed by atoms with Crippen molar-refractivity contribution < 1.29 is 23.4 Å². The lowest BCUT2D eigenvalue weighted by atomic mass is 10.1. The number of ether oxygens (including phenoxy) is 1. The van der Waals surface area contributed by atoms with E-state index in [-0.39, 0.29) is 12.0 Å². The van der Waals surface area contributed by atoms with E-state index < -0.39 is 23.7 Å². The summed E-state index contributed by atoms with van der Waals surface area (Å²) < 4.78 is 30.5. The first-order valence-electron chi connectivity index (χ1n) is 5.83. The van der Waals surface area contributed by atoms with E-state index in [4.69, 9.17) is 4.74 Å². The van der Waals surface area contributed by atoms with Crippen LogP contribution in [0.1, 0.15) is 37.9 Å². The Balaban J connectivity index is 2.51. The lowest BCUT2D eigenvalue weighted by molar-refractivity contribution is -0.146. The van der Waals surface area contributed by atoms with Gasteiger partial charge in [-0.3, -0.25) is 4.79 Å². The lowest BCUT2D eigenvalue weighted by Crippen LogP contribution is -2.11. The minimum atomic E-state index is -1.19. The van der Waals surface area contributed by atoms with E-state index in [1.54, 1.807) is 0 Å². The maximum Gasteiger partial charge on any atom is 0.308 e. The zero-order chi connectivity index (χ0) is 13.5. The second kappa shape index (κ2) is 7.06. The molecule has 1 aromatic carbocycles. The van der Waals surface area contributed by atoms with Crippen molar-refractivity contribution in [2.75, 3.05) is 6.61 Å². The summed E-state index contributed by atoms with van der Waals surface area (Å²) in [7, 11) is 0. The maximum atomic E-state index is 12.9. The van der Waals surface area contributed by atoms with E-state index in [9.17, 15) is 18.7 Å². The fourth-order valence-corrected chi connectivity index (χ4v) is 1.38. The van der Waals surface area contributed by atoms with Crippen molar-refractivity contribution in [1.82, 2.24) is 0 Å². The molecular formula is C13H16F2O3. The molecule has 3 nitrogen and oxygen atoms in total. The normalized spacial score (nSPS) is 12.2. The summed E-state index contributed by atoms with van der Waals surface area (Å²) in [4.78, 5) is 11.3. The SMILES string of the molecule is CCCCOC(=O)CC(O)c1ccc(F)c(F)c1. The first-order valence-corrected chi connectivity index (χ1v) is 5.83. The summed E-state index contributed by atoms with van der Waals surface area (Å²) in [6, 6.07) is 3.03. The van der Waals surface area contributed by atoms with Crippen molar-refractivity contribution in [2.45, 2.75) is 32.3 Å². The van der Waals surface area contributed by atoms with Crippen LogP contribution < -0.4 is 0 Å². The molecule has 0 bridgehead atoms. The van der Waals surface area contributed by atoms with E-state index in [0.29, 0.717) is 6.61 Å². The van der Waals surface area contributed by atoms with E-state index in [1.807, 2.05) is 6.92 Å². The van der Waals surface area contributed by atoms with Crippen LogP contribution in [-0.2, 0) is 9.53 Å². The van der Waals surface area contributed by atoms with E-state index in [1.165, 1.54) is 6.07 Å². The summed E-state index contributed by atoms with van der Waals surface area (Å²) in [6.45, 7) is 2.27. The van der Waals surface area contributed by atoms with E-state index in [0.717, 1.165) is 25.0 Å². The van der Waals surface area contributed by atoms with Gasteiger partial charge in [-0.05, 0) is 24.1 Å². The van der Waals surface area contributed by atoms with Gasteiger partial charge in [-0.15, -0.1) is 0 Å². The number of benzene rings is 1. The zero-order valence-electron chi connectivity index (χ0n) is 10.2. The smallest absolute Gasteiger partial charge is 0.308 e. The molecule has 1 rings (SSSR count). The monoisotopic (exact) mass is 258 g/mol. The number of aliphatic hydroxyl groups is 1. The highest BCUT2D eigenvalue weighted by molar-refractivity contribution is 5.70. The molecule has 5 heteroatoms. The van der Waals surface area contributed by atoms with Crippen LogP contribution in [0.2, 0.25) is 0 Å². The number of rotatable bonds is 6. The van der Waals surface area contributed by atoms with Crippen molar-refractivity contribution in [3.05, 3.63) is 35.4 Å². The maximum absolute atomic E-state index is 12.9. The number of aliphatic hydroxyl groups excluding tert-OH is 1. The van der Waals surface area contributed by atoms with Gasteiger partial charge in [0.1, 0.15) is 0 Å². The quantitative estimate of drug-likeness (QED) is 0.630. The number of halogens is 2. The molecule has 0 aliphatic carbocycles. The molecule has 1 N–H and O–H groups in total. The van der Waals surface area contributed by atoms with Crippen LogP contribution in [0, 0.1) is 11.6 Å². The molecule has 1 aromatic rings. The zero-order valence-corrected chi connectivity index (χ0v) is 10.2. The molecule has 0 aliphatic heterocycles. The van der Waals surface area contributed by atoms with Crippen molar-refractivity contribution >= 4 is 5.97 Å². The van der Waals surface area contributed by atoms with E-state index >= 15 is 0 Å². The van der Waals surface area contributed by atoms with Gasteiger partial charge in [-0.25, -0.2) is 8.78 Å². The second-order valence-electron chi connectivity index (χ2n) is 3.97. The molecule has 1 unspecified atom stereocenters. The molecule has 0 saturated heterocycles.